The van der Waals surface area contributed by atoms with Crippen LogP contribution in [0.2, 0.25) is 0 Å². The summed E-state index contributed by atoms with van der Waals surface area (Å²) in [7, 11) is -3.31. The van der Waals surface area contributed by atoms with Gasteiger partial charge in [0.05, 0.1) is 29.8 Å². The Morgan fingerprint density at radius 2 is 1.91 bits per heavy atom. The highest BCUT2D eigenvalue weighted by atomic mass is 32.2. The predicted molar refractivity (Wildman–Crippen MR) is 113 cm³/mol. The average molecular weight is 462 g/mol. The molecule has 1 unspecified atom stereocenters. The van der Waals surface area contributed by atoms with Gasteiger partial charge in [0.25, 0.3) is 11.8 Å². The van der Waals surface area contributed by atoms with Gasteiger partial charge in [0.15, 0.2) is 0 Å². The number of carbonyl (C=O) groups is 4. The van der Waals surface area contributed by atoms with Crippen LogP contribution >= 0.6 is 0 Å². The van der Waals surface area contributed by atoms with Gasteiger partial charge < -0.3 is 20.4 Å². The molecule has 1 fully saturated rings. The Labute approximate surface area is 184 Å². The molecule has 2 heterocycles. The van der Waals surface area contributed by atoms with Crippen molar-refractivity contribution in [3.8, 4) is 0 Å². The lowest BCUT2D eigenvalue weighted by atomic mass is 10.1. The molecule has 3 rings (SSSR count). The molecule has 11 nitrogen and oxygen atoms in total. The molecule has 32 heavy (non-hydrogen) atoms. The summed E-state index contributed by atoms with van der Waals surface area (Å²) in [4.78, 5) is 50.2. The predicted octanol–water partition coefficient (Wildman–Crippen LogP) is 0.503. The molecule has 0 spiro atoms. The fourth-order valence-corrected chi connectivity index (χ4v) is 3.72. The number of anilines is 1. The Hall–Kier alpha value is -3.67. The summed E-state index contributed by atoms with van der Waals surface area (Å²) < 4.78 is 27.8. The first-order valence-corrected chi connectivity index (χ1v) is 11.7. The van der Waals surface area contributed by atoms with Crippen molar-refractivity contribution in [3.63, 3.8) is 0 Å². The molecule has 170 valence electrons. The van der Waals surface area contributed by atoms with Crippen LogP contribution in [0.25, 0.3) is 0 Å². The molecule has 0 saturated carbocycles. The lowest BCUT2D eigenvalue weighted by molar-refractivity contribution is -0.130. The number of furan rings is 1. The first-order valence-electron chi connectivity index (χ1n) is 9.63. The molecule has 3 N–H and O–H groups in total. The van der Waals surface area contributed by atoms with E-state index in [0.29, 0.717) is 10.7 Å². The molecule has 1 aliphatic rings. The summed E-state index contributed by atoms with van der Waals surface area (Å²) in [5.41, 5.74) is 0.394. The van der Waals surface area contributed by atoms with Gasteiger partial charge in [-0.15, -0.1) is 0 Å². The molecular formula is C20H22N4O7S. The number of para-hydroxylation sites is 1. The number of hydrogen-bond acceptors (Lipinski definition) is 7. The van der Waals surface area contributed by atoms with E-state index in [9.17, 15) is 27.6 Å². The van der Waals surface area contributed by atoms with Crippen molar-refractivity contribution < 1.29 is 32.0 Å². The maximum absolute atomic E-state index is 12.5. The number of rotatable bonds is 9. The van der Waals surface area contributed by atoms with E-state index in [1.165, 1.54) is 18.4 Å². The maximum Gasteiger partial charge on any atom is 0.325 e. The van der Waals surface area contributed by atoms with E-state index < -0.39 is 46.2 Å². The van der Waals surface area contributed by atoms with Crippen LogP contribution in [0.4, 0.5) is 10.5 Å². The van der Waals surface area contributed by atoms with Gasteiger partial charge in [-0.3, -0.25) is 19.3 Å². The molecule has 0 bridgehead atoms. The molecule has 5 amide bonds. The van der Waals surface area contributed by atoms with Crippen molar-refractivity contribution in [2.75, 3.05) is 23.9 Å². The number of urea groups is 1. The van der Waals surface area contributed by atoms with Gasteiger partial charge in [-0.05, 0) is 30.7 Å². The normalized spacial score (nSPS) is 16.0. The van der Waals surface area contributed by atoms with Crippen molar-refractivity contribution in [1.29, 1.82) is 0 Å². The van der Waals surface area contributed by atoms with E-state index in [0.717, 1.165) is 6.26 Å². The van der Waals surface area contributed by atoms with Crippen LogP contribution < -0.4 is 16.0 Å². The molecule has 1 aliphatic heterocycles. The lowest BCUT2D eigenvalue weighted by Crippen LogP contribution is -2.39. The van der Waals surface area contributed by atoms with Gasteiger partial charge in [-0.25, -0.2) is 13.2 Å². The van der Waals surface area contributed by atoms with Gasteiger partial charge in [0.2, 0.25) is 5.91 Å². The van der Waals surface area contributed by atoms with Crippen molar-refractivity contribution in [2.45, 2.75) is 19.0 Å². The second-order valence-corrected chi connectivity index (χ2v) is 9.46. The second kappa shape index (κ2) is 9.64. The van der Waals surface area contributed by atoms with Crippen LogP contribution in [0.1, 0.15) is 22.5 Å². The zero-order valence-corrected chi connectivity index (χ0v) is 18.0. The van der Waals surface area contributed by atoms with Crippen molar-refractivity contribution in [3.05, 3.63) is 54.0 Å². The Balaban J connectivity index is 1.61. The van der Waals surface area contributed by atoms with E-state index in [4.69, 9.17) is 4.42 Å². The highest BCUT2D eigenvalue weighted by molar-refractivity contribution is 7.90. The minimum absolute atomic E-state index is 0.0831. The van der Waals surface area contributed by atoms with Gasteiger partial charge in [-0.1, -0.05) is 12.1 Å². The highest BCUT2D eigenvalue weighted by Crippen LogP contribution is 2.16. The lowest BCUT2D eigenvalue weighted by Gasteiger charge is -2.15. The van der Waals surface area contributed by atoms with Gasteiger partial charge in [0, 0.05) is 6.26 Å². The van der Waals surface area contributed by atoms with E-state index >= 15 is 0 Å². The quantitative estimate of drug-likeness (QED) is 0.458. The summed E-state index contributed by atoms with van der Waals surface area (Å²) in [6, 6.07) is 7.88. The number of nitrogens with zero attached hydrogens (tertiary/aromatic N) is 1. The molecule has 1 aromatic carbocycles. The molecule has 0 radical (unpaired) electrons. The molecular weight excluding hydrogens is 440 g/mol. The van der Waals surface area contributed by atoms with Crippen molar-refractivity contribution >= 4 is 39.3 Å². The largest absolute Gasteiger partial charge is 0.467 e. The van der Waals surface area contributed by atoms with Crippen LogP contribution in [0.5, 0.6) is 0 Å². The van der Waals surface area contributed by atoms with Crippen LogP contribution in [-0.2, 0) is 26.0 Å². The summed E-state index contributed by atoms with van der Waals surface area (Å²) in [5.74, 6) is -1.54. The molecule has 2 aromatic rings. The number of hydrogen-bond donors (Lipinski definition) is 3. The first kappa shape index (κ1) is 23.0. The second-order valence-electron chi connectivity index (χ2n) is 7.20. The molecule has 0 aliphatic carbocycles. The Bertz CT molecular complexity index is 1130. The zero-order chi connectivity index (χ0) is 23.3. The summed E-state index contributed by atoms with van der Waals surface area (Å²) in [6.45, 7) is -0.423. The van der Waals surface area contributed by atoms with E-state index in [-0.39, 0.29) is 30.0 Å². The van der Waals surface area contributed by atoms with Crippen LogP contribution in [0.15, 0.2) is 47.1 Å². The van der Waals surface area contributed by atoms with Crippen LogP contribution in [0, 0.1) is 0 Å². The van der Waals surface area contributed by atoms with Gasteiger partial charge in [0.1, 0.15) is 28.2 Å². The van der Waals surface area contributed by atoms with Gasteiger partial charge >= 0.3 is 6.03 Å². The number of benzene rings is 1. The summed E-state index contributed by atoms with van der Waals surface area (Å²) >= 11 is 0. The third-order valence-corrected chi connectivity index (χ3v) is 5.61. The standard InChI is InChI=1S/C20H22N4O7S/c1-32(29,30)10-8-16-19(27)24(20(28)23-16)12-17(25)22-15-7-3-2-6-14(15)18(26)21-11-13-5-4-9-31-13/h2-7,9,16H,8,10-12H2,1H3,(H,21,26)(H,22,25)(H,23,28). The first-order chi connectivity index (χ1) is 15.1. The number of amides is 5. The smallest absolute Gasteiger partial charge is 0.325 e. The third kappa shape index (κ3) is 5.94. The van der Waals surface area contributed by atoms with Crippen LogP contribution in [0.3, 0.4) is 0 Å². The van der Waals surface area contributed by atoms with E-state index in [2.05, 4.69) is 16.0 Å². The summed E-state index contributed by atoms with van der Waals surface area (Å²) in [6.07, 6.45) is 2.43. The molecule has 1 atom stereocenters. The average Bonchev–Trinajstić information content (AvgIpc) is 3.34. The number of carbonyl (C=O) groups excluding carboxylic acids is 4. The van der Waals surface area contributed by atoms with Gasteiger partial charge in [-0.2, -0.15) is 0 Å². The molecule has 1 aromatic heterocycles. The Kier molecular flexibility index (Phi) is 6.93. The summed E-state index contributed by atoms with van der Waals surface area (Å²) in [5, 5.41) is 7.58. The highest BCUT2D eigenvalue weighted by Gasteiger charge is 2.39. The minimum atomic E-state index is -3.31. The monoisotopic (exact) mass is 462 g/mol. The van der Waals surface area contributed by atoms with Crippen molar-refractivity contribution in [2.24, 2.45) is 0 Å². The minimum Gasteiger partial charge on any atom is -0.467 e. The van der Waals surface area contributed by atoms with Crippen LogP contribution in [-0.4, -0.2) is 61.7 Å². The SMILES string of the molecule is CS(=O)(=O)CCC1NC(=O)N(CC(=O)Nc2ccccc2C(=O)NCc2ccco2)C1=O. The maximum atomic E-state index is 12.5. The molecule has 1 saturated heterocycles. The third-order valence-electron chi connectivity index (χ3n) is 4.64. The zero-order valence-electron chi connectivity index (χ0n) is 17.2. The fourth-order valence-electron chi connectivity index (χ4n) is 3.05. The number of nitrogens with one attached hydrogen (secondary N) is 3. The number of sulfone groups is 1. The number of imide groups is 1. The topological polar surface area (TPSA) is 155 Å². The Morgan fingerprint density at radius 1 is 1.16 bits per heavy atom. The fraction of sp³-hybridized carbons (Fsp3) is 0.300. The van der Waals surface area contributed by atoms with E-state index in [1.807, 2.05) is 0 Å². The Morgan fingerprint density at radius 3 is 2.59 bits per heavy atom. The molecule has 12 heteroatoms. The van der Waals surface area contributed by atoms with E-state index in [1.54, 1.807) is 24.3 Å². The van der Waals surface area contributed by atoms with Crippen molar-refractivity contribution in [1.82, 2.24) is 15.5 Å².